The molecule has 7 heteroatoms. The normalized spacial score (nSPS) is 10.2. The first kappa shape index (κ1) is 19.7. The first-order valence-electron chi connectivity index (χ1n) is 8.28. The number of hydrogen-bond acceptors (Lipinski definition) is 3. The second-order valence-electron chi connectivity index (χ2n) is 5.85. The summed E-state index contributed by atoms with van der Waals surface area (Å²) in [7, 11) is 1.51. The molecule has 0 saturated carbocycles. The topological polar surface area (TPSA) is 67.4 Å². The van der Waals surface area contributed by atoms with Crippen LogP contribution in [0.4, 0.5) is 11.4 Å². The van der Waals surface area contributed by atoms with Gasteiger partial charge in [-0.05, 0) is 60.7 Å². The smallest absolute Gasteiger partial charge is 0.255 e. The Morgan fingerprint density at radius 2 is 1.36 bits per heavy atom. The summed E-state index contributed by atoms with van der Waals surface area (Å²) in [5.74, 6) is -0.0783. The number of ether oxygens (including phenoxy) is 1. The number of nitrogens with one attached hydrogen (secondary N) is 2. The number of methoxy groups -OCH3 is 1. The van der Waals surface area contributed by atoms with Gasteiger partial charge in [-0.15, -0.1) is 0 Å². The van der Waals surface area contributed by atoms with Crippen LogP contribution in [0.25, 0.3) is 0 Å². The van der Waals surface area contributed by atoms with E-state index < -0.39 is 0 Å². The van der Waals surface area contributed by atoms with Gasteiger partial charge < -0.3 is 15.4 Å². The lowest BCUT2D eigenvalue weighted by Crippen LogP contribution is -2.13. The van der Waals surface area contributed by atoms with E-state index in [0.717, 1.165) is 0 Å². The summed E-state index contributed by atoms with van der Waals surface area (Å²) >= 11 is 12.0. The summed E-state index contributed by atoms with van der Waals surface area (Å²) in [6, 6.07) is 18.2. The number of anilines is 2. The first-order valence-corrected chi connectivity index (χ1v) is 9.04. The molecule has 0 aliphatic carbocycles. The first-order chi connectivity index (χ1) is 13.5. The Hall–Kier alpha value is -3.02. The predicted molar refractivity (Wildman–Crippen MR) is 112 cm³/mol. The van der Waals surface area contributed by atoms with Crippen LogP contribution < -0.4 is 15.4 Å². The molecule has 5 nitrogen and oxygen atoms in total. The number of hydrogen-bond donors (Lipinski definition) is 2. The highest BCUT2D eigenvalue weighted by atomic mass is 35.5. The molecular weight excluding hydrogens is 399 g/mol. The van der Waals surface area contributed by atoms with Gasteiger partial charge in [0.15, 0.2) is 0 Å². The molecule has 2 amide bonds. The fraction of sp³-hybridized carbons (Fsp3) is 0.0476. The minimum absolute atomic E-state index is 0.271. The SMILES string of the molecule is COc1ccc(C(=O)Nc2ccc(NC(=O)c3cccc(Cl)c3)cc2)cc1Cl. The molecule has 0 spiro atoms. The second kappa shape index (κ2) is 8.78. The maximum absolute atomic E-state index is 12.4. The lowest BCUT2D eigenvalue weighted by atomic mass is 10.2. The summed E-state index contributed by atoms with van der Waals surface area (Å²) in [5, 5.41) is 6.40. The summed E-state index contributed by atoms with van der Waals surface area (Å²) in [4.78, 5) is 24.6. The van der Waals surface area contributed by atoms with E-state index in [0.29, 0.717) is 38.3 Å². The second-order valence-corrected chi connectivity index (χ2v) is 6.69. The van der Waals surface area contributed by atoms with Crippen LogP contribution in [0.1, 0.15) is 20.7 Å². The predicted octanol–water partition coefficient (Wildman–Crippen LogP) is 5.51. The number of halogens is 2. The maximum atomic E-state index is 12.4. The summed E-state index contributed by atoms with van der Waals surface area (Å²) < 4.78 is 5.08. The van der Waals surface area contributed by atoms with Gasteiger partial charge in [-0.1, -0.05) is 29.3 Å². The Morgan fingerprint density at radius 1 is 0.786 bits per heavy atom. The van der Waals surface area contributed by atoms with Crippen LogP contribution in [0.5, 0.6) is 5.75 Å². The van der Waals surface area contributed by atoms with Crippen molar-refractivity contribution >= 4 is 46.4 Å². The standard InChI is InChI=1S/C21H16Cl2N2O3/c1-28-19-10-5-14(12-18(19)23)21(27)25-17-8-6-16(7-9-17)24-20(26)13-3-2-4-15(22)11-13/h2-12H,1H3,(H,24,26)(H,25,27). The summed E-state index contributed by atoms with van der Waals surface area (Å²) in [5.41, 5.74) is 2.04. The van der Waals surface area contributed by atoms with Crippen LogP contribution in [0.15, 0.2) is 66.7 Å². The fourth-order valence-corrected chi connectivity index (χ4v) is 2.93. The number of carbonyl (C=O) groups is 2. The van der Waals surface area contributed by atoms with Gasteiger partial charge in [0.05, 0.1) is 12.1 Å². The van der Waals surface area contributed by atoms with E-state index in [2.05, 4.69) is 10.6 Å². The van der Waals surface area contributed by atoms with Crippen molar-refractivity contribution in [2.24, 2.45) is 0 Å². The molecule has 3 rings (SSSR count). The van der Waals surface area contributed by atoms with Gasteiger partial charge in [0.25, 0.3) is 11.8 Å². The van der Waals surface area contributed by atoms with Crippen LogP contribution in [-0.4, -0.2) is 18.9 Å². The van der Waals surface area contributed by atoms with Crippen molar-refractivity contribution in [3.8, 4) is 5.75 Å². The highest BCUT2D eigenvalue weighted by Gasteiger charge is 2.10. The van der Waals surface area contributed by atoms with Gasteiger partial charge in [-0.3, -0.25) is 9.59 Å². The molecule has 142 valence electrons. The molecule has 28 heavy (non-hydrogen) atoms. The fourth-order valence-electron chi connectivity index (χ4n) is 2.48. The molecule has 0 aliphatic heterocycles. The monoisotopic (exact) mass is 414 g/mol. The van der Waals surface area contributed by atoms with E-state index in [1.807, 2.05) is 0 Å². The maximum Gasteiger partial charge on any atom is 0.255 e. The Bertz CT molecular complexity index is 1020. The third-order valence-corrected chi connectivity index (χ3v) is 4.43. The zero-order valence-electron chi connectivity index (χ0n) is 14.8. The van der Waals surface area contributed by atoms with Gasteiger partial charge in [0, 0.05) is 27.5 Å². The zero-order valence-corrected chi connectivity index (χ0v) is 16.3. The van der Waals surface area contributed by atoms with Crippen molar-refractivity contribution in [3.63, 3.8) is 0 Å². The quantitative estimate of drug-likeness (QED) is 0.578. The number of rotatable bonds is 5. The molecule has 0 heterocycles. The number of carbonyl (C=O) groups excluding carboxylic acids is 2. The molecule has 3 aromatic rings. The third-order valence-electron chi connectivity index (χ3n) is 3.90. The van der Waals surface area contributed by atoms with Crippen molar-refractivity contribution in [2.75, 3.05) is 17.7 Å². The van der Waals surface area contributed by atoms with Crippen LogP contribution in [0.3, 0.4) is 0 Å². The number of amides is 2. The minimum Gasteiger partial charge on any atom is -0.495 e. The Morgan fingerprint density at radius 3 is 1.86 bits per heavy atom. The average molecular weight is 415 g/mol. The highest BCUT2D eigenvalue weighted by Crippen LogP contribution is 2.25. The van der Waals surface area contributed by atoms with Crippen LogP contribution >= 0.6 is 23.2 Å². The molecule has 0 aliphatic rings. The van der Waals surface area contributed by atoms with E-state index in [1.54, 1.807) is 60.7 Å². The molecule has 0 unspecified atom stereocenters. The van der Waals surface area contributed by atoms with Crippen LogP contribution in [0.2, 0.25) is 10.0 Å². The van der Waals surface area contributed by atoms with Crippen molar-refractivity contribution in [3.05, 3.63) is 87.9 Å². The molecular formula is C21H16Cl2N2O3. The molecule has 3 aromatic carbocycles. The number of benzene rings is 3. The molecule has 0 bridgehead atoms. The van der Waals surface area contributed by atoms with Gasteiger partial charge in [0.2, 0.25) is 0 Å². The van der Waals surface area contributed by atoms with Gasteiger partial charge in [-0.25, -0.2) is 0 Å². The van der Waals surface area contributed by atoms with Crippen LogP contribution in [0, 0.1) is 0 Å². The average Bonchev–Trinajstić information content (AvgIpc) is 2.69. The molecule has 0 radical (unpaired) electrons. The largest absolute Gasteiger partial charge is 0.495 e. The summed E-state index contributed by atoms with van der Waals surface area (Å²) in [6.07, 6.45) is 0. The van der Waals surface area contributed by atoms with E-state index in [9.17, 15) is 9.59 Å². The Kier molecular flexibility index (Phi) is 6.19. The van der Waals surface area contributed by atoms with Crippen molar-refractivity contribution < 1.29 is 14.3 Å². The molecule has 0 aromatic heterocycles. The van der Waals surface area contributed by atoms with Crippen molar-refractivity contribution in [2.45, 2.75) is 0 Å². The molecule has 0 atom stereocenters. The molecule has 0 saturated heterocycles. The third kappa shape index (κ3) is 4.82. The van der Waals surface area contributed by atoms with E-state index in [4.69, 9.17) is 27.9 Å². The molecule has 2 N–H and O–H groups in total. The molecule has 0 fully saturated rings. The lowest BCUT2D eigenvalue weighted by Gasteiger charge is -2.09. The lowest BCUT2D eigenvalue weighted by molar-refractivity contribution is 0.101. The van der Waals surface area contributed by atoms with Crippen molar-refractivity contribution in [1.82, 2.24) is 0 Å². The van der Waals surface area contributed by atoms with Gasteiger partial charge in [-0.2, -0.15) is 0 Å². The Balaban J connectivity index is 1.65. The van der Waals surface area contributed by atoms with Crippen molar-refractivity contribution in [1.29, 1.82) is 0 Å². The summed E-state index contributed by atoms with van der Waals surface area (Å²) in [6.45, 7) is 0. The zero-order chi connectivity index (χ0) is 20.1. The van der Waals surface area contributed by atoms with Gasteiger partial charge in [0.1, 0.15) is 5.75 Å². The van der Waals surface area contributed by atoms with E-state index >= 15 is 0 Å². The minimum atomic E-state index is -0.305. The van der Waals surface area contributed by atoms with E-state index in [1.165, 1.54) is 13.2 Å². The van der Waals surface area contributed by atoms with E-state index in [-0.39, 0.29) is 11.8 Å². The van der Waals surface area contributed by atoms with Gasteiger partial charge >= 0.3 is 0 Å². The highest BCUT2D eigenvalue weighted by molar-refractivity contribution is 6.32. The Labute approximate surface area is 172 Å². The van der Waals surface area contributed by atoms with Crippen LogP contribution in [-0.2, 0) is 0 Å².